The number of rotatable bonds is 8. The molecule has 180 valence electrons. The van der Waals surface area contributed by atoms with Gasteiger partial charge in [0, 0.05) is 16.9 Å². The van der Waals surface area contributed by atoms with Crippen LogP contribution in [0.4, 0.5) is 5.00 Å². The highest BCUT2D eigenvalue weighted by atomic mass is 35.5. The number of nitrogens with one attached hydrogen (secondary N) is 1. The highest BCUT2D eigenvalue weighted by Crippen LogP contribution is 2.39. The highest BCUT2D eigenvalue weighted by Gasteiger charge is 2.28. The van der Waals surface area contributed by atoms with Crippen LogP contribution in [-0.2, 0) is 29.4 Å². The van der Waals surface area contributed by atoms with E-state index in [9.17, 15) is 9.59 Å². The quantitative estimate of drug-likeness (QED) is 0.330. The Kier molecular flexibility index (Phi) is 7.49. The summed E-state index contributed by atoms with van der Waals surface area (Å²) in [5, 5.41) is 13.2. The van der Waals surface area contributed by atoms with Gasteiger partial charge in [0.15, 0.2) is 17.1 Å². The Balaban J connectivity index is 1.39. The van der Waals surface area contributed by atoms with Crippen molar-refractivity contribution in [2.75, 3.05) is 18.2 Å². The zero-order valence-electron chi connectivity index (χ0n) is 19.3. The number of carbonyl (C=O) groups is 2. The van der Waals surface area contributed by atoms with E-state index in [0.29, 0.717) is 26.6 Å². The van der Waals surface area contributed by atoms with Gasteiger partial charge in [0.1, 0.15) is 10.8 Å². The molecule has 0 fully saturated rings. The lowest BCUT2D eigenvalue weighted by atomic mass is 10.1. The van der Waals surface area contributed by atoms with E-state index in [-0.39, 0.29) is 17.8 Å². The molecule has 8 nitrogen and oxygen atoms in total. The Morgan fingerprint density at radius 3 is 2.85 bits per heavy atom. The fraction of sp³-hybridized carbons (Fsp3) is 0.391. The molecule has 1 aliphatic rings. The van der Waals surface area contributed by atoms with Gasteiger partial charge in [-0.3, -0.25) is 4.79 Å². The maximum absolute atomic E-state index is 12.7. The number of aryl methyl sites for hydroxylation is 2. The number of fused-ring (bicyclic) bond motifs is 1. The van der Waals surface area contributed by atoms with Crippen LogP contribution in [0.15, 0.2) is 23.4 Å². The molecule has 0 aliphatic heterocycles. The third-order valence-corrected chi connectivity index (χ3v) is 8.03. The number of thiophene rings is 1. The maximum Gasteiger partial charge on any atom is 0.341 e. The van der Waals surface area contributed by atoms with Crippen molar-refractivity contribution in [1.82, 2.24) is 14.8 Å². The number of halogens is 1. The first-order valence-electron chi connectivity index (χ1n) is 10.8. The summed E-state index contributed by atoms with van der Waals surface area (Å²) in [5.41, 5.74) is 2.42. The van der Waals surface area contributed by atoms with E-state index < -0.39 is 5.97 Å². The minimum absolute atomic E-state index is 0.126. The lowest BCUT2D eigenvalue weighted by Crippen LogP contribution is -2.16. The summed E-state index contributed by atoms with van der Waals surface area (Å²) >= 11 is 8.75. The number of hydrogen-bond donors (Lipinski definition) is 1. The van der Waals surface area contributed by atoms with Crippen molar-refractivity contribution in [3.8, 4) is 5.75 Å². The maximum atomic E-state index is 12.7. The number of thioether (sulfide) groups is 1. The third kappa shape index (κ3) is 5.08. The Labute approximate surface area is 211 Å². The van der Waals surface area contributed by atoms with Crippen LogP contribution in [0.1, 0.15) is 51.6 Å². The molecule has 0 saturated carbocycles. The largest absolute Gasteiger partial charge is 0.482 e. The number of benzene rings is 1. The van der Waals surface area contributed by atoms with Crippen LogP contribution in [0.2, 0.25) is 5.02 Å². The number of anilines is 1. The Bertz CT molecular complexity index is 1240. The number of hydrogen-bond acceptors (Lipinski definition) is 8. The molecule has 1 N–H and O–H groups in total. The molecule has 1 aliphatic carbocycles. The van der Waals surface area contributed by atoms with E-state index >= 15 is 0 Å². The normalized spacial score (nSPS) is 13.4. The Hall–Kier alpha value is -2.56. The molecule has 2 aromatic heterocycles. The van der Waals surface area contributed by atoms with Crippen LogP contribution in [0.25, 0.3) is 0 Å². The molecule has 0 saturated heterocycles. The van der Waals surface area contributed by atoms with Crippen LogP contribution in [0, 0.1) is 6.92 Å². The molecular weight excluding hydrogens is 496 g/mol. The summed E-state index contributed by atoms with van der Waals surface area (Å²) in [6.45, 7) is 3.82. The van der Waals surface area contributed by atoms with Gasteiger partial charge in [0.25, 0.3) is 0 Å². The van der Waals surface area contributed by atoms with Gasteiger partial charge in [-0.05, 0) is 62.4 Å². The first kappa shape index (κ1) is 24.6. The second-order valence-electron chi connectivity index (χ2n) is 7.96. The van der Waals surface area contributed by atoms with Gasteiger partial charge < -0.3 is 19.4 Å². The summed E-state index contributed by atoms with van der Waals surface area (Å²) in [6.07, 6.45) is 2.42. The number of carbonyl (C=O) groups excluding carboxylic acids is 2. The first-order valence-corrected chi connectivity index (χ1v) is 12.9. The molecule has 2 heterocycles. The second kappa shape index (κ2) is 10.4. The van der Waals surface area contributed by atoms with Gasteiger partial charge in [0.05, 0.1) is 18.4 Å². The molecule has 1 amide bonds. The second-order valence-corrected chi connectivity index (χ2v) is 10.4. The predicted molar refractivity (Wildman–Crippen MR) is 133 cm³/mol. The van der Waals surface area contributed by atoms with Crippen molar-refractivity contribution in [2.24, 2.45) is 7.05 Å². The van der Waals surface area contributed by atoms with Gasteiger partial charge in [-0.15, -0.1) is 21.5 Å². The van der Waals surface area contributed by atoms with Crippen molar-refractivity contribution in [2.45, 2.75) is 44.4 Å². The number of nitrogens with zero attached hydrogens (tertiary/aromatic N) is 3. The molecular formula is C23H25ClN4O4S2. The van der Waals surface area contributed by atoms with Crippen LogP contribution in [0.3, 0.4) is 0 Å². The van der Waals surface area contributed by atoms with Gasteiger partial charge in [-0.2, -0.15) is 0 Å². The lowest BCUT2D eigenvalue weighted by molar-refractivity contribution is -0.113. The summed E-state index contributed by atoms with van der Waals surface area (Å²) in [6, 6.07) is 5.45. The van der Waals surface area contributed by atoms with Gasteiger partial charge in [-0.1, -0.05) is 23.4 Å². The fourth-order valence-corrected chi connectivity index (χ4v) is 6.14. The standard InChI is InChI=1S/C23H25ClN4O4S2/c1-12-10-14(24)8-9-16(12)32-13(2)20-26-27-23(28(20)3)33-11-18(29)25-21-19(22(30)31-4)15-6-5-7-17(15)34-21/h8-10,13H,5-7,11H2,1-4H3,(H,25,29). The van der Waals surface area contributed by atoms with Gasteiger partial charge in [-0.25, -0.2) is 4.79 Å². The van der Waals surface area contributed by atoms with E-state index in [4.69, 9.17) is 21.1 Å². The molecule has 4 rings (SSSR count). The van der Waals surface area contributed by atoms with Crippen molar-refractivity contribution in [1.29, 1.82) is 0 Å². The van der Waals surface area contributed by atoms with Crippen molar-refractivity contribution < 1.29 is 19.1 Å². The number of amides is 1. The average molecular weight is 521 g/mol. The number of esters is 1. The summed E-state index contributed by atoms with van der Waals surface area (Å²) < 4.78 is 12.8. The highest BCUT2D eigenvalue weighted by molar-refractivity contribution is 7.99. The topological polar surface area (TPSA) is 95.3 Å². The molecule has 11 heteroatoms. The smallest absolute Gasteiger partial charge is 0.341 e. The number of aromatic nitrogens is 3. The molecule has 1 atom stereocenters. The molecule has 0 spiro atoms. The number of methoxy groups -OCH3 is 1. The minimum atomic E-state index is -0.412. The van der Waals surface area contributed by atoms with Crippen molar-refractivity contribution in [3.05, 3.63) is 50.6 Å². The summed E-state index contributed by atoms with van der Waals surface area (Å²) in [5.74, 6) is 0.851. The minimum Gasteiger partial charge on any atom is -0.482 e. The van der Waals surface area contributed by atoms with Crippen molar-refractivity contribution in [3.63, 3.8) is 0 Å². The van der Waals surface area contributed by atoms with E-state index in [1.807, 2.05) is 37.6 Å². The molecule has 3 aromatic rings. The monoisotopic (exact) mass is 520 g/mol. The molecule has 1 aromatic carbocycles. The van der Waals surface area contributed by atoms with Crippen LogP contribution in [-0.4, -0.2) is 39.5 Å². The predicted octanol–water partition coefficient (Wildman–Crippen LogP) is 4.98. The van der Waals surface area contributed by atoms with Crippen LogP contribution >= 0.6 is 34.7 Å². The van der Waals surface area contributed by atoms with Crippen molar-refractivity contribution >= 4 is 51.6 Å². The zero-order chi connectivity index (χ0) is 24.4. The molecule has 1 unspecified atom stereocenters. The van der Waals surface area contributed by atoms with Gasteiger partial charge >= 0.3 is 5.97 Å². The zero-order valence-corrected chi connectivity index (χ0v) is 21.7. The molecule has 0 bridgehead atoms. The van der Waals surface area contributed by atoms with E-state index in [0.717, 1.165) is 41.0 Å². The van der Waals surface area contributed by atoms with E-state index in [2.05, 4.69) is 15.5 Å². The SMILES string of the molecule is COC(=O)c1c(NC(=O)CSc2nnc(C(C)Oc3ccc(Cl)cc3C)n2C)sc2c1CCC2. The first-order chi connectivity index (χ1) is 16.3. The van der Waals surface area contributed by atoms with Gasteiger partial charge in [0.2, 0.25) is 5.91 Å². The Morgan fingerprint density at radius 1 is 1.32 bits per heavy atom. The fourth-order valence-electron chi connectivity index (χ4n) is 3.90. The molecule has 34 heavy (non-hydrogen) atoms. The summed E-state index contributed by atoms with van der Waals surface area (Å²) in [7, 11) is 3.19. The Morgan fingerprint density at radius 2 is 2.12 bits per heavy atom. The summed E-state index contributed by atoms with van der Waals surface area (Å²) in [4.78, 5) is 26.1. The lowest BCUT2D eigenvalue weighted by Gasteiger charge is -2.16. The third-order valence-electron chi connectivity index (χ3n) is 5.57. The van der Waals surface area contributed by atoms with E-state index in [1.165, 1.54) is 30.2 Å². The van der Waals surface area contributed by atoms with Crippen LogP contribution < -0.4 is 10.1 Å². The van der Waals surface area contributed by atoms with E-state index in [1.54, 1.807) is 6.07 Å². The van der Waals surface area contributed by atoms with Crippen LogP contribution in [0.5, 0.6) is 5.75 Å². The molecule has 0 radical (unpaired) electrons. The average Bonchev–Trinajstić information content (AvgIpc) is 3.48. The number of ether oxygens (including phenoxy) is 2.